The Balaban J connectivity index is 1.44. The minimum absolute atomic E-state index is 0.169. The van der Waals surface area contributed by atoms with E-state index >= 15 is 0 Å². The van der Waals surface area contributed by atoms with Crippen molar-refractivity contribution in [2.45, 2.75) is 32.1 Å². The van der Waals surface area contributed by atoms with Crippen LogP contribution in [0.1, 0.15) is 31.4 Å². The zero-order valence-corrected chi connectivity index (χ0v) is 14.6. The van der Waals surface area contributed by atoms with Gasteiger partial charge in [-0.1, -0.05) is 25.0 Å². The molecule has 0 unspecified atom stereocenters. The molecule has 0 saturated heterocycles. The lowest BCUT2D eigenvalue weighted by Gasteiger charge is -2.09. The van der Waals surface area contributed by atoms with Crippen molar-refractivity contribution in [3.63, 3.8) is 0 Å². The number of fused-ring (bicyclic) bond motifs is 1. The van der Waals surface area contributed by atoms with Gasteiger partial charge in [0, 0.05) is 29.8 Å². The molecule has 0 aliphatic heterocycles. The average Bonchev–Trinajstić information content (AvgIpc) is 3.33. The third kappa shape index (κ3) is 3.42. The van der Waals surface area contributed by atoms with Gasteiger partial charge in [-0.25, -0.2) is 8.91 Å². The highest BCUT2D eigenvalue weighted by molar-refractivity contribution is 7.15. The summed E-state index contributed by atoms with van der Waals surface area (Å²) in [5.74, 6) is 0.574. The lowest BCUT2D eigenvalue weighted by atomic mass is 10.1. The Hall–Kier alpha value is -2.28. The van der Waals surface area contributed by atoms with Gasteiger partial charge in [-0.2, -0.15) is 4.98 Å². The van der Waals surface area contributed by atoms with Crippen LogP contribution in [0.3, 0.4) is 0 Å². The smallest absolute Gasteiger partial charge is 0.223 e. The zero-order chi connectivity index (χ0) is 17.2. The number of carbonyl (C=O) groups is 1. The van der Waals surface area contributed by atoms with E-state index in [-0.39, 0.29) is 17.6 Å². The van der Waals surface area contributed by atoms with Crippen LogP contribution in [0.2, 0.25) is 0 Å². The molecule has 1 fully saturated rings. The number of nitrogens with one attached hydrogen (secondary N) is 1. The second-order valence-electron chi connectivity index (χ2n) is 6.39. The largest absolute Gasteiger partial charge is 0.355 e. The fourth-order valence-electron chi connectivity index (χ4n) is 3.29. The maximum Gasteiger partial charge on any atom is 0.223 e. The highest BCUT2D eigenvalue weighted by Crippen LogP contribution is 2.25. The molecule has 1 amide bonds. The number of hydrogen-bond acceptors (Lipinski definition) is 4. The number of rotatable bonds is 5. The molecule has 0 spiro atoms. The number of nitrogens with zero attached hydrogens (tertiary/aromatic N) is 3. The maximum absolute atomic E-state index is 13.4. The Morgan fingerprint density at radius 2 is 2.20 bits per heavy atom. The molecule has 0 atom stereocenters. The fraction of sp³-hybridized carbons (Fsp3) is 0.389. The molecule has 25 heavy (non-hydrogen) atoms. The van der Waals surface area contributed by atoms with Crippen molar-refractivity contribution in [2.24, 2.45) is 5.92 Å². The van der Waals surface area contributed by atoms with Gasteiger partial charge >= 0.3 is 0 Å². The molecule has 3 aromatic rings. The molecular formula is C18H19FN4OS. The molecule has 5 nitrogen and oxygen atoms in total. The van der Waals surface area contributed by atoms with Crippen LogP contribution < -0.4 is 5.32 Å². The summed E-state index contributed by atoms with van der Waals surface area (Å²) in [7, 11) is 0. The first-order valence-corrected chi connectivity index (χ1v) is 9.45. The normalized spacial score (nSPS) is 15.1. The van der Waals surface area contributed by atoms with Crippen LogP contribution in [0.4, 0.5) is 4.39 Å². The first-order valence-electron chi connectivity index (χ1n) is 8.57. The van der Waals surface area contributed by atoms with Crippen LogP contribution in [0.25, 0.3) is 16.3 Å². The van der Waals surface area contributed by atoms with Gasteiger partial charge < -0.3 is 5.32 Å². The molecule has 1 aromatic carbocycles. The Labute approximate surface area is 148 Å². The fourth-order valence-corrected chi connectivity index (χ4v) is 4.15. The molecule has 4 rings (SSSR count). The average molecular weight is 358 g/mol. The third-order valence-corrected chi connectivity index (χ3v) is 5.50. The van der Waals surface area contributed by atoms with Crippen molar-refractivity contribution in [3.05, 3.63) is 41.2 Å². The minimum atomic E-state index is -0.300. The van der Waals surface area contributed by atoms with Gasteiger partial charge in [0.05, 0.1) is 5.69 Å². The van der Waals surface area contributed by atoms with E-state index in [4.69, 9.17) is 0 Å². The van der Waals surface area contributed by atoms with Crippen LogP contribution in [-0.4, -0.2) is 27.0 Å². The van der Waals surface area contributed by atoms with Gasteiger partial charge in [0.2, 0.25) is 10.9 Å². The van der Waals surface area contributed by atoms with E-state index in [1.807, 2.05) is 5.38 Å². The van der Waals surface area contributed by atoms with Crippen molar-refractivity contribution >= 4 is 22.2 Å². The standard InChI is InChI=1S/C18H19FN4OS/c19-14-7-3-6-13(10-14)16-21-18-23(22-16)15(11-25-18)8-9-20-17(24)12-4-1-2-5-12/h3,6-7,10-12H,1-2,4-5,8-9H2,(H,20,24). The second kappa shape index (κ2) is 6.92. The summed E-state index contributed by atoms with van der Waals surface area (Å²) in [6, 6.07) is 6.28. The van der Waals surface area contributed by atoms with E-state index in [9.17, 15) is 9.18 Å². The van der Waals surface area contributed by atoms with Gasteiger partial charge in [0.25, 0.3) is 0 Å². The van der Waals surface area contributed by atoms with Crippen molar-refractivity contribution in [1.29, 1.82) is 0 Å². The molecule has 2 heterocycles. The number of halogens is 1. The summed E-state index contributed by atoms with van der Waals surface area (Å²) in [6.45, 7) is 0.594. The van der Waals surface area contributed by atoms with Gasteiger partial charge in [0.1, 0.15) is 5.82 Å². The van der Waals surface area contributed by atoms with E-state index < -0.39 is 0 Å². The van der Waals surface area contributed by atoms with Crippen LogP contribution in [0.15, 0.2) is 29.6 Å². The summed E-state index contributed by atoms with van der Waals surface area (Å²) in [4.78, 5) is 17.3. The Morgan fingerprint density at radius 1 is 1.36 bits per heavy atom. The van der Waals surface area contributed by atoms with Gasteiger partial charge in [-0.3, -0.25) is 4.79 Å². The maximum atomic E-state index is 13.4. The molecule has 1 N–H and O–H groups in total. The predicted molar refractivity (Wildman–Crippen MR) is 94.9 cm³/mol. The van der Waals surface area contributed by atoms with Crippen LogP contribution in [-0.2, 0) is 11.2 Å². The molecule has 1 aliphatic rings. The van der Waals surface area contributed by atoms with Crippen molar-refractivity contribution in [1.82, 2.24) is 19.9 Å². The number of hydrogen-bond donors (Lipinski definition) is 1. The van der Waals surface area contributed by atoms with E-state index in [1.54, 1.807) is 16.6 Å². The molecular weight excluding hydrogens is 339 g/mol. The van der Waals surface area contributed by atoms with Crippen LogP contribution in [0, 0.1) is 11.7 Å². The zero-order valence-electron chi connectivity index (χ0n) is 13.7. The topological polar surface area (TPSA) is 59.3 Å². The molecule has 0 radical (unpaired) electrons. The SMILES string of the molecule is O=C(NCCc1csc2nc(-c3cccc(F)c3)nn12)C1CCCC1. The summed E-state index contributed by atoms with van der Waals surface area (Å²) in [5, 5.41) is 9.53. The van der Waals surface area contributed by atoms with Crippen molar-refractivity contribution in [3.8, 4) is 11.4 Å². The molecule has 2 aromatic heterocycles. The Morgan fingerprint density at radius 3 is 3.00 bits per heavy atom. The summed E-state index contributed by atoms with van der Waals surface area (Å²) in [6.07, 6.45) is 5.03. The highest BCUT2D eigenvalue weighted by Gasteiger charge is 2.22. The molecule has 0 bridgehead atoms. The highest BCUT2D eigenvalue weighted by atomic mass is 32.1. The molecule has 1 aliphatic carbocycles. The lowest BCUT2D eigenvalue weighted by Crippen LogP contribution is -2.31. The molecule has 1 saturated carbocycles. The number of benzene rings is 1. The Bertz CT molecular complexity index is 898. The first-order chi connectivity index (χ1) is 12.2. The summed E-state index contributed by atoms with van der Waals surface area (Å²) >= 11 is 1.50. The van der Waals surface area contributed by atoms with Crippen molar-refractivity contribution in [2.75, 3.05) is 6.54 Å². The predicted octanol–water partition coefficient (Wildman–Crippen LogP) is 3.45. The number of carbonyl (C=O) groups excluding carboxylic acids is 1. The monoisotopic (exact) mass is 358 g/mol. The summed E-state index contributed by atoms with van der Waals surface area (Å²) < 4.78 is 15.2. The van der Waals surface area contributed by atoms with Gasteiger partial charge in [-0.05, 0) is 25.0 Å². The van der Waals surface area contributed by atoms with Crippen LogP contribution in [0.5, 0.6) is 0 Å². The first kappa shape index (κ1) is 16.2. The van der Waals surface area contributed by atoms with E-state index in [1.165, 1.54) is 23.5 Å². The Kier molecular flexibility index (Phi) is 4.48. The molecule has 7 heteroatoms. The third-order valence-electron chi connectivity index (χ3n) is 4.64. The lowest BCUT2D eigenvalue weighted by molar-refractivity contribution is -0.124. The van der Waals surface area contributed by atoms with E-state index in [0.717, 1.165) is 36.3 Å². The van der Waals surface area contributed by atoms with Crippen molar-refractivity contribution < 1.29 is 9.18 Å². The second-order valence-corrected chi connectivity index (χ2v) is 7.23. The van der Waals surface area contributed by atoms with Gasteiger partial charge in [-0.15, -0.1) is 16.4 Å². The van der Waals surface area contributed by atoms with Crippen LogP contribution >= 0.6 is 11.3 Å². The van der Waals surface area contributed by atoms with Gasteiger partial charge in [0.15, 0.2) is 5.82 Å². The molecule has 130 valence electrons. The van der Waals surface area contributed by atoms with E-state index in [0.29, 0.717) is 24.4 Å². The quantitative estimate of drug-likeness (QED) is 0.760. The number of amides is 1. The number of aromatic nitrogens is 3. The summed E-state index contributed by atoms with van der Waals surface area (Å²) in [5.41, 5.74) is 1.67. The minimum Gasteiger partial charge on any atom is -0.355 e. The number of thiazole rings is 1. The van der Waals surface area contributed by atoms with E-state index in [2.05, 4.69) is 15.4 Å².